The highest BCUT2D eigenvalue weighted by molar-refractivity contribution is 5.79. The van der Waals surface area contributed by atoms with Crippen molar-refractivity contribution in [3.05, 3.63) is 29.8 Å². The van der Waals surface area contributed by atoms with Crippen molar-refractivity contribution in [1.82, 2.24) is 4.98 Å². The van der Waals surface area contributed by atoms with Gasteiger partial charge in [-0.3, -0.25) is 9.78 Å². The Morgan fingerprint density at radius 1 is 1.75 bits per heavy atom. The zero-order chi connectivity index (χ0) is 12.2. The van der Waals surface area contributed by atoms with E-state index in [0.717, 1.165) is 6.20 Å². The van der Waals surface area contributed by atoms with Crippen LogP contribution in [0.4, 0.5) is 4.39 Å². The number of ether oxygens (including phenoxy) is 1. The van der Waals surface area contributed by atoms with Crippen LogP contribution in [0.2, 0.25) is 0 Å². The van der Waals surface area contributed by atoms with Gasteiger partial charge in [-0.05, 0) is 18.6 Å². The van der Waals surface area contributed by atoms with E-state index in [9.17, 15) is 9.18 Å². The number of carbonyl (C=O) groups is 1. The van der Waals surface area contributed by atoms with Crippen molar-refractivity contribution in [2.75, 3.05) is 7.11 Å². The molecule has 1 atom stereocenters. The molecule has 0 fully saturated rings. The third kappa shape index (κ3) is 2.34. The molecule has 0 aliphatic carbocycles. The van der Waals surface area contributed by atoms with Gasteiger partial charge in [0.1, 0.15) is 5.82 Å². The van der Waals surface area contributed by atoms with Crippen molar-refractivity contribution in [2.45, 2.75) is 13.3 Å². The fourth-order valence-corrected chi connectivity index (χ4v) is 1.31. The molecule has 0 aromatic carbocycles. The highest BCUT2D eigenvalue weighted by Gasteiger charge is 2.35. The van der Waals surface area contributed by atoms with E-state index in [0.29, 0.717) is 0 Å². The molecule has 0 saturated heterocycles. The average Bonchev–Trinajstić information content (AvgIpc) is 2.31. The van der Waals surface area contributed by atoms with Gasteiger partial charge in [0.2, 0.25) is 0 Å². The first-order valence-electron chi connectivity index (χ1n) is 4.61. The van der Waals surface area contributed by atoms with Crippen LogP contribution < -0.4 is 0 Å². The molecule has 0 radical (unpaired) electrons. The van der Waals surface area contributed by atoms with Gasteiger partial charge in [0.05, 0.1) is 19.4 Å². The lowest BCUT2D eigenvalue weighted by Crippen LogP contribution is -2.30. The lowest BCUT2D eigenvalue weighted by molar-refractivity contribution is -0.148. The van der Waals surface area contributed by atoms with E-state index >= 15 is 0 Å². The van der Waals surface area contributed by atoms with Gasteiger partial charge in [-0.25, -0.2) is 4.39 Å². The molecule has 0 amide bonds. The van der Waals surface area contributed by atoms with Crippen LogP contribution in [0.15, 0.2) is 18.5 Å². The molecule has 1 aromatic heterocycles. The first-order chi connectivity index (χ1) is 7.53. The second-order valence-corrected chi connectivity index (χ2v) is 3.58. The molecule has 0 aliphatic rings. The van der Waals surface area contributed by atoms with Crippen LogP contribution in [0, 0.1) is 22.6 Å². The predicted octanol–water partition coefficient (Wildman–Crippen LogP) is 1.47. The molecule has 16 heavy (non-hydrogen) atoms. The molecule has 0 N–H and O–H groups in total. The van der Waals surface area contributed by atoms with Crippen LogP contribution in [0.25, 0.3) is 0 Å². The molecule has 1 heterocycles. The third-order valence-electron chi connectivity index (χ3n) is 2.28. The van der Waals surface area contributed by atoms with Crippen LogP contribution in [-0.4, -0.2) is 18.1 Å². The number of rotatable bonds is 3. The number of pyridine rings is 1. The topological polar surface area (TPSA) is 63.0 Å². The summed E-state index contributed by atoms with van der Waals surface area (Å²) in [5, 5.41) is 8.95. The second kappa shape index (κ2) is 4.71. The maximum atomic E-state index is 13.3. The molecule has 1 unspecified atom stereocenters. The van der Waals surface area contributed by atoms with E-state index in [-0.39, 0.29) is 12.0 Å². The lowest BCUT2D eigenvalue weighted by Gasteiger charge is -2.18. The number of esters is 1. The van der Waals surface area contributed by atoms with E-state index in [2.05, 4.69) is 9.72 Å². The van der Waals surface area contributed by atoms with Gasteiger partial charge >= 0.3 is 5.97 Å². The van der Waals surface area contributed by atoms with Crippen molar-refractivity contribution in [1.29, 1.82) is 5.26 Å². The first-order valence-corrected chi connectivity index (χ1v) is 4.61. The SMILES string of the molecule is COC(=O)C(C)(C#N)Cc1ccncc1F. The number of halogens is 1. The summed E-state index contributed by atoms with van der Waals surface area (Å²) in [5.74, 6) is -1.21. The van der Waals surface area contributed by atoms with Crippen molar-refractivity contribution in [3.63, 3.8) is 0 Å². The van der Waals surface area contributed by atoms with Crippen LogP contribution in [0.3, 0.4) is 0 Å². The fraction of sp³-hybridized carbons (Fsp3) is 0.364. The fourth-order valence-electron chi connectivity index (χ4n) is 1.31. The van der Waals surface area contributed by atoms with Crippen molar-refractivity contribution < 1.29 is 13.9 Å². The minimum absolute atomic E-state index is 0.0372. The van der Waals surface area contributed by atoms with Crippen molar-refractivity contribution in [2.24, 2.45) is 5.41 Å². The highest BCUT2D eigenvalue weighted by Crippen LogP contribution is 2.24. The van der Waals surface area contributed by atoms with Gasteiger partial charge in [0.15, 0.2) is 5.41 Å². The summed E-state index contributed by atoms with van der Waals surface area (Å²) in [7, 11) is 1.20. The third-order valence-corrected chi connectivity index (χ3v) is 2.28. The smallest absolute Gasteiger partial charge is 0.326 e. The number of nitriles is 1. The summed E-state index contributed by atoms with van der Waals surface area (Å²) >= 11 is 0. The maximum absolute atomic E-state index is 13.3. The Hall–Kier alpha value is -1.96. The summed E-state index contributed by atoms with van der Waals surface area (Å²) in [6, 6.07) is 3.28. The van der Waals surface area contributed by atoms with E-state index in [1.165, 1.54) is 26.3 Å². The number of nitrogens with zero attached hydrogens (tertiary/aromatic N) is 2. The molecule has 5 heteroatoms. The summed E-state index contributed by atoms with van der Waals surface area (Å²) < 4.78 is 17.8. The summed E-state index contributed by atoms with van der Waals surface area (Å²) in [5.41, 5.74) is -1.11. The molecule has 1 rings (SSSR count). The summed E-state index contributed by atoms with van der Waals surface area (Å²) in [6.45, 7) is 1.42. The second-order valence-electron chi connectivity index (χ2n) is 3.58. The molecular weight excluding hydrogens is 211 g/mol. The molecule has 0 saturated carbocycles. The van der Waals surface area contributed by atoms with Gasteiger partial charge in [-0.15, -0.1) is 0 Å². The van der Waals surface area contributed by atoms with Gasteiger partial charge < -0.3 is 4.74 Å². The summed E-state index contributed by atoms with van der Waals surface area (Å²) in [6.07, 6.45) is 2.42. The molecule has 0 spiro atoms. The number of methoxy groups -OCH3 is 1. The molecule has 4 nitrogen and oxygen atoms in total. The largest absolute Gasteiger partial charge is 0.468 e. The van der Waals surface area contributed by atoms with Crippen LogP contribution in [-0.2, 0) is 16.0 Å². The molecular formula is C11H11FN2O2. The quantitative estimate of drug-likeness (QED) is 0.726. The monoisotopic (exact) mass is 222 g/mol. The van der Waals surface area contributed by atoms with Crippen LogP contribution in [0.1, 0.15) is 12.5 Å². The Kier molecular flexibility index (Phi) is 3.56. The number of hydrogen-bond donors (Lipinski definition) is 0. The van der Waals surface area contributed by atoms with E-state index in [1.54, 1.807) is 0 Å². The van der Waals surface area contributed by atoms with E-state index in [1.807, 2.05) is 6.07 Å². The van der Waals surface area contributed by atoms with Gasteiger partial charge in [0.25, 0.3) is 0 Å². The lowest BCUT2D eigenvalue weighted by atomic mass is 9.85. The minimum atomic E-state index is -1.38. The maximum Gasteiger partial charge on any atom is 0.326 e. The normalized spacial score (nSPS) is 13.6. The van der Waals surface area contributed by atoms with Gasteiger partial charge in [-0.1, -0.05) is 0 Å². The molecule has 0 bridgehead atoms. The van der Waals surface area contributed by atoms with Crippen molar-refractivity contribution in [3.8, 4) is 6.07 Å². The highest BCUT2D eigenvalue weighted by atomic mass is 19.1. The molecule has 84 valence electrons. The standard InChI is InChI=1S/C11H11FN2O2/c1-11(7-13,10(15)16-2)5-8-3-4-14-6-9(8)12/h3-4,6H,5H2,1-2H3. The number of hydrogen-bond acceptors (Lipinski definition) is 4. The Morgan fingerprint density at radius 3 is 2.94 bits per heavy atom. The van der Waals surface area contributed by atoms with Gasteiger partial charge in [0, 0.05) is 12.6 Å². The van der Waals surface area contributed by atoms with Crippen LogP contribution in [0.5, 0.6) is 0 Å². The van der Waals surface area contributed by atoms with Gasteiger partial charge in [-0.2, -0.15) is 5.26 Å². The zero-order valence-electron chi connectivity index (χ0n) is 9.03. The minimum Gasteiger partial charge on any atom is -0.468 e. The Labute approximate surface area is 92.7 Å². The Morgan fingerprint density at radius 2 is 2.44 bits per heavy atom. The van der Waals surface area contributed by atoms with E-state index < -0.39 is 17.2 Å². The Balaban J connectivity index is 3.00. The predicted molar refractivity (Wildman–Crippen MR) is 53.6 cm³/mol. The number of carbonyl (C=O) groups excluding carboxylic acids is 1. The van der Waals surface area contributed by atoms with Crippen molar-refractivity contribution >= 4 is 5.97 Å². The van der Waals surface area contributed by atoms with E-state index in [4.69, 9.17) is 5.26 Å². The summed E-state index contributed by atoms with van der Waals surface area (Å²) in [4.78, 5) is 15.0. The molecule has 1 aromatic rings. The first kappa shape index (κ1) is 12.1. The number of aromatic nitrogens is 1. The Bertz CT molecular complexity index is 442. The molecule has 0 aliphatic heterocycles. The average molecular weight is 222 g/mol. The zero-order valence-corrected chi connectivity index (χ0v) is 9.03. The van der Waals surface area contributed by atoms with Crippen LogP contribution >= 0.6 is 0 Å².